The van der Waals surface area contributed by atoms with Gasteiger partial charge < -0.3 is 117 Å². The third-order valence-electron chi connectivity index (χ3n) is 18.8. The molecule has 1 saturated heterocycles. The number of carbonyl (C=O) groups is 16. The van der Waals surface area contributed by atoms with Crippen LogP contribution < -0.4 is 92.1 Å². The number of amides is 15. The number of rotatable bonds is 54. The van der Waals surface area contributed by atoms with Crippen molar-refractivity contribution in [2.24, 2.45) is 63.4 Å². The van der Waals surface area contributed by atoms with E-state index in [4.69, 9.17) is 22.9 Å². The van der Waals surface area contributed by atoms with Crippen LogP contribution in [-0.4, -0.2) is 261 Å². The molecule has 39 nitrogen and oxygen atoms in total. The summed E-state index contributed by atoms with van der Waals surface area (Å²) in [6, 6.07) is -13.6. The number of nitrogens with two attached hydrogens (primary N) is 4. The Morgan fingerprint density at radius 1 is 0.458 bits per heavy atom. The SMILES string of the molecule is CSCC[C@H](N)C(=O)N[C@@H](C)C(=O)N[C@@H](CO)C(=O)N1CCC[C@H]1C(=O)N[C@@H](CC(C)C)C(=O)N[C@H](C(=O)N[C@@H](CCCN=C(N)N)C(=O)N[C@@H](Cc1ccccc1)C(=O)N[C@@H](CC(C)C)C(=O)N[C@@H](CO)C(=O)N[C@@H](CC(C)C)C(=O)N[C@@H](CC(N)=O)C(=O)N[C@@H](CC(C)C)C(=O)N[C@@H](CC(C)C)C(=O)N[C@@H](CC(C)C)C(=O)O)[C@@H](C)O. The lowest BCUT2D eigenvalue weighted by molar-refractivity contribution is -0.143. The van der Waals surface area contributed by atoms with Crippen molar-refractivity contribution in [1.29, 1.82) is 0 Å². The molecule has 1 aliphatic rings. The molecule has 1 aromatic carbocycles. The first-order valence-corrected chi connectivity index (χ1v) is 41.6. The molecule has 15 amide bonds. The van der Waals surface area contributed by atoms with Gasteiger partial charge in [-0.15, -0.1) is 0 Å². The van der Waals surface area contributed by atoms with Gasteiger partial charge in [-0.1, -0.05) is 113 Å². The minimum Gasteiger partial charge on any atom is -0.480 e. The van der Waals surface area contributed by atoms with E-state index < -0.39 is 211 Å². The summed E-state index contributed by atoms with van der Waals surface area (Å²) in [6.07, 6.45) is -0.572. The molecule has 0 radical (unpaired) electrons. The number of benzene rings is 1. The fourth-order valence-corrected chi connectivity index (χ4v) is 13.2. The zero-order chi connectivity index (χ0) is 89.5. The number of guanidine groups is 1. The van der Waals surface area contributed by atoms with E-state index in [1.807, 2.05) is 6.26 Å². The Labute approximate surface area is 695 Å². The van der Waals surface area contributed by atoms with Crippen LogP contribution in [0.4, 0.5) is 0 Å². The van der Waals surface area contributed by atoms with Crippen molar-refractivity contribution in [3.8, 4) is 0 Å². The maximum Gasteiger partial charge on any atom is 0.326 e. The van der Waals surface area contributed by atoms with E-state index in [1.165, 1.54) is 25.6 Å². The van der Waals surface area contributed by atoms with Crippen molar-refractivity contribution in [3.63, 3.8) is 0 Å². The Hall–Kier alpha value is -9.80. The molecule has 16 atom stereocenters. The monoisotopic (exact) mass is 1690 g/mol. The number of thioether (sulfide) groups is 1. The number of nitrogens with one attached hydrogen (secondary N) is 13. The molecule has 1 aromatic rings. The van der Waals surface area contributed by atoms with Crippen molar-refractivity contribution in [3.05, 3.63) is 35.9 Å². The largest absolute Gasteiger partial charge is 0.480 e. The molecule has 1 fully saturated rings. The van der Waals surface area contributed by atoms with Crippen LogP contribution in [0.25, 0.3) is 0 Å². The molecule has 0 bridgehead atoms. The van der Waals surface area contributed by atoms with E-state index in [0.29, 0.717) is 24.2 Å². The topological polar surface area (TPSA) is 630 Å². The van der Waals surface area contributed by atoms with Crippen LogP contribution in [0.1, 0.15) is 180 Å². The summed E-state index contributed by atoms with van der Waals surface area (Å²) < 4.78 is 0. The van der Waals surface area contributed by atoms with E-state index in [0.717, 1.165) is 4.90 Å². The molecule has 0 aliphatic carbocycles. The number of carboxylic acids is 1. The number of carbonyl (C=O) groups excluding carboxylic acids is 15. The van der Waals surface area contributed by atoms with Gasteiger partial charge in [-0.3, -0.25) is 76.9 Å². The first-order chi connectivity index (χ1) is 55.2. The Bertz CT molecular complexity index is 3530. The highest BCUT2D eigenvalue weighted by atomic mass is 32.2. The van der Waals surface area contributed by atoms with Gasteiger partial charge >= 0.3 is 5.97 Å². The van der Waals surface area contributed by atoms with Crippen molar-refractivity contribution in [1.82, 2.24) is 74.0 Å². The highest BCUT2D eigenvalue weighted by Crippen LogP contribution is 2.21. The van der Waals surface area contributed by atoms with Crippen LogP contribution in [0.2, 0.25) is 0 Å². The van der Waals surface area contributed by atoms with Gasteiger partial charge in [0.2, 0.25) is 88.6 Å². The molecule has 118 heavy (non-hydrogen) atoms. The summed E-state index contributed by atoms with van der Waals surface area (Å²) in [7, 11) is 0. The molecular formula is C78H133N19O20S. The van der Waals surface area contributed by atoms with Crippen molar-refractivity contribution in [2.45, 2.75) is 277 Å². The van der Waals surface area contributed by atoms with Gasteiger partial charge in [-0.2, -0.15) is 11.8 Å². The van der Waals surface area contributed by atoms with Crippen LogP contribution in [0.3, 0.4) is 0 Å². The number of nitrogens with zero attached hydrogens (tertiary/aromatic N) is 2. The highest BCUT2D eigenvalue weighted by Gasteiger charge is 2.42. The molecule has 0 spiro atoms. The second kappa shape index (κ2) is 52.9. The molecule has 0 unspecified atom stereocenters. The second-order valence-electron chi connectivity index (χ2n) is 32.5. The summed E-state index contributed by atoms with van der Waals surface area (Å²) >= 11 is 1.48. The number of aliphatic carboxylic acids is 1. The van der Waals surface area contributed by atoms with Gasteiger partial charge in [-0.25, -0.2) is 4.79 Å². The van der Waals surface area contributed by atoms with Gasteiger partial charge in [0.25, 0.3) is 0 Å². The van der Waals surface area contributed by atoms with E-state index in [9.17, 15) is 97.1 Å². The fourth-order valence-electron chi connectivity index (χ4n) is 12.8. The predicted molar refractivity (Wildman–Crippen MR) is 441 cm³/mol. The molecule has 1 heterocycles. The Balaban J connectivity index is 2.51. The van der Waals surface area contributed by atoms with Crippen LogP contribution in [0.5, 0.6) is 0 Å². The van der Waals surface area contributed by atoms with Gasteiger partial charge in [0, 0.05) is 19.5 Å². The number of carboxylic acid groups (broad SMARTS) is 1. The van der Waals surface area contributed by atoms with Gasteiger partial charge in [0.15, 0.2) is 5.96 Å². The molecule has 666 valence electrons. The lowest BCUT2D eigenvalue weighted by Crippen LogP contribution is -2.62. The number of aliphatic imine (C=N–C) groups is 1. The summed E-state index contributed by atoms with van der Waals surface area (Å²) in [5, 5.41) is 75.0. The average Bonchev–Trinajstić information content (AvgIpc) is 1.72. The smallest absolute Gasteiger partial charge is 0.326 e. The maximum absolute atomic E-state index is 14.8. The molecule has 0 saturated carbocycles. The minimum absolute atomic E-state index is 0.00780. The number of aliphatic hydroxyl groups is 3. The molecule has 40 heteroatoms. The Morgan fingerprint density at radius 2 is 0.839 bits per heavy atom. The normalized spacial score (nSPS) is 16.6. The summed E-state index contributed by atoms with van der Waals surface area (Å²) in [5.74, 6) is -16.7. The van der Waals surface area contributed by atoms with E-state index in [1.54, 1.807) is 113 Å². The zero-order valence-corrected chi connectivity index (χ0v) is 71.6. The summed E-state index contributed by atoms with van der Waals surface area (Å²) in [6.45, 7) is 21.3. The number of likely N-dealkylation sites (tertiary alicyclic amines) is 1. The molecule has 25 N–H and O–H groups in total. The maximum atomic E-state index is 14.8. The predicted octanol–water partition coefficient (Wildman–Crippen LogP) is -3.72. The minimum atomic E-state index is -1.83. The van der Waals surface area contributed by atoms with Crippen LogP contribution in [0.15, 0.2) is 35.3 Å². The first-order valence-electron chi connectivity index (χ1n) is 40.2. The van der Waals surface area contributed by atoms with Crippen molar-refractivity contribution in [2.75, 3.05) is 38.3 Å². The fraction of sp³-hybridized carbons (Fsp3) is 0.705. The second-order valence-corrected chi connectivity index (χ2v) is 33.5. The number of primary amides is 1. The Morgan fingerprint density at radius 3 is 1.27 bits per heavy atom. The van der Waals surface area contributed by atoms with Crippen molar-refractivity contribution < 1.29 is 97.1 Å². The van der Waals surface area contributed by atoms with Gasteiger partial charge in [0.05, 0.1) is 31.8 Å². The van der Waals surface area contributed by atoms with Crippen LogP contribution in [0, 0.1) is 35.5 Å². The number of hydrogen-bond acceptors (Lipinski definition) is 22. The molecular weight excluding hydrogens is 1560 g/mol. The Kier molecular flexibility index (Phi) is 46.7. The van der Waals surface area contributed by atoms with Gasteiger partial charge in [0.1, 0.15) is 84.6 Å². The van der Waals surface area contributed by atoms with E-state index >= 15 is 0 Å². The standard InChI is InChI=1S/C78H133N19O20S/c1-39(2)29-50(66(105)86-52(31-41(5)6)68(107)93-57(77(116)117)34-44(11)12)88-71(110)56(36-61(80)101)91-67(106)51(30-40(3)4)89-73(112)58(37-98)94-69(108)53(32-42(7)8)87-70(109)55(35-47-21-17-16-18-22-47)90-65(104)49(23-19-26-83-78(81)82)85-75(114)62(46(14)100)96-72(111)54(33-43(9)10)92-74(113)60-24-20-27-97(60)76(115)59(38-99)95-63(102)45(13)84-64(103)48(79)25-28-118-15/h16-18,21-22,39-46,48-60,62,98-100H,19-20,23-38,79H2,1-15H3,(H2,80,101)(H,84,103)(H,85,114)(H,86,105)(H,87,109)(H,88,110)(H,89,112)(H,90,104)(H,91,106)(H,92,113)(H,93,107)(H,94,108)(H,95,102)(H,96,111)(H,116,117)(H4,81,82,83)/t45-,46+,48-,49-,50-,51-,52-,53-,54-,55-,56-,57-,58-,59-,60-,62-/m0/s1. The molecule has 2 rings (SSSR count). The number of hydrogen-bond donors (Lipinski definition) is 21. The summed E-state index contributed by atoms with van der Waals surface area (Å²) in [4.78, 5) is 227. The third kappa shape index (κ3) is 38.3. The van der Waals surface area contributed by atoms with E-state index in [-0.39, 0.29) is 119 Å². The summed E-state index contributed by atoms with van der Waals surface area (Å²) in [5.41, 5.74) is 23.2. The van der Waals surface area contributed by atoms with Crippen molar-refractivity contribution >= 4 is 112 Å². The molecule has 0 aromatic heterocycles. The molecule has 1 aliphatic heterocycles. The highest BCUT2D eigenvalue weighted by molar-refractivity contribution is 7.98. The van der Waals surface area contributed by atoms with Crippen LogP contribution in [-0.2, 0) is 83.1 Å². The lowest BCUT2D eigenvalue weighted by atomic mass is 9.98. The van der Waals surface area contributed by atoms with Crippen LogP contribution >= 0.6 is 11.8 Å². The first kappa shape index (κ1) is 104. The lowest BCUT2D eigenvalue weighted by Gasteiger charge is -2.31. The van der Waals surface area contributed by atoms with Gasteiger partial charge in [-0.05, 0) is 138 Å². The average molecular weight is 1690 g/mol. The quantitative estimate of drug-likeness (QED) is 0.0169. The number of aliphatic hydroxyl groups excluding tert-OH is 3. The third-order valence-corrected chi connectivity index (χ3v) is 19.4. The van der Waals surface area contributed by atoms with E-state index in [2.05, 4.69) is 74.1 Å². The zero-order valence-electron chi connectivity index (χ0n) is 70.7.